The molecule has 1 N–H and O–H groups in total. The Balaban J connectivity index is 1.83. The van der Waals surface area contributed by atoms with Gasteiger partial charge in [0, 0.05) is 16.7 Å². The molecule has 0 saturated carbocycles. The van der Waals surface area contributed by atoms with E-state index in [0.29, 0.717) is 5.92 Å². The number of para-hydroxylation sites is 1. The van der Waals surface area contributed by atoms with Gasteiger partial charge in [0.15, 0.2) is 0 Å². The van der Waals surface area contributed by atoms with Gasteiger partial charge < -0.3 is 5.32 Å². The number of aromatic nitrogens is 1. The highest BCUT2D eigenvalue weighted by Gasteiger charge is 2.25. The van der Waals surface area contributed by atoms with Crippen molar-refractivity contribution in [3.05, 3.63) is 57.5 Å². The number of thiazole rings is 1. The van der Waals surface area contributed by atoms with Crippen LogP contribution in [0, 0.1) is 0 Å². The second-order valence-corrected chi connectivity index (χ2v) is 6.66. The lowest BCUT2D eigenvalue weighted by Gasteiger charge is -2.05. The lowest BCUT2D eigenvalue weighted by atomic mass is 10.0. The van der Waals surface area contributed by atoms with E-state index in [2.05, 4.69) is 57.6 Å². The van der Waals surface area contributed by atoms with E-state index in [4.69, 9.17) is 4.98 Å². The average Bonchev–Trinajstić information content (AvgIpc) is 3.00. The molecule has 1 aliphatic heterocycles. The molecule has 1 atom stereocenters. The van der Waals surface area contributed by atoms with Gasteiger partial charge in [-0.1, -0.05) is 34.1 Å². The Morgan fingerprint density at radius 3 is 3.05 bits per heavy atom. The number of benzene rings is 2. The third-order valence-corrected chi connectivity index (χ3v) is 5.12. The van der Waals surface area contributed by atoms with Gasteiger partial charge in [-0.2, -0.15) is 0 Å². The summed E-state index contributed by atoms with van der Waals surface area (Å²) >= 11 is 5.31. The highest BCUT2D eigenvalue weighted by atomic mass is 79.9. The van der Waals surface area contributed by atoms with Crippen LogP contribution in [0.5, 0.6) is 0 Å². The number of halogens is 1. The van der Waals surface area contributed by atoms with Gasteiger partial charge in [0.1, 0.15) is 5.01 Å². The fraction of sp³-hybridized carbons (Fsp3) is 0.133. The van der Waals surface area contributed by atoms with Gasteiger partial charge >= 0.3 is 0 Å². The lowest BCUT2D eigenvalue weighted by molar-refractivity contribution is 0.896. The van der Waals surface area contributed by atoms with Crippen LogP contribution in [-0.2, 0) is 0 Å². The number of nitrogens with zero attached hydrogens (tertiary/aromatic N) is 1. The summed E-state index contributed by atoms with van der Waals surface area (Å²) in [5.41, 5.74) is 3.70. The second kappa shape index (κ2) is 4.32. The maximum atomic E-state index is 4.79. The molecule has 3 aromatic rings. The molecule has 0 saturated heterocycles. The van der Waals surface area contributed by atoms with E-state index >= 15 is 0 Å². The molecule has 0 fully saturated rings. The van der Waals surface area contributed by atoms with Crippen molar-refractivity contribution in [3.8, 4) is 0 Å². The first-order valence-electron chi connectivity index (χ1n) is 6.20. The van der Waals surface area contributed by atoms with Crippen LogP contribution in [-0.4, -0.2) is 11.5 Å². The molecule has 2 aromatic carbocycles. The predicted molar refractivity (Wildman–Crippen MR) is 84.1 cm³/mol. The van der Waals surface area contributed by atoms with E-state index in [0.717, 1.165) is 16.5 Å². The van der Waals surface area contributed by atoms with Crippen LogP contribution in [0.3, 0.4) is 0 Å². The van der Waals surface area contributed by atoms with E-state index < -0.39 is 0 Å². The summed E-state index contributed by atoms with van der Waals surface area (Å²) in [6, 6.07) is 14.8. The molecule has 2 nitrogen and oxygen atoms in total. The number of nitrogens with one attached hydrogen (secondary N) is 1. The van der Waals surface area contributed by atoms with Crippen molar-refractivity contribution < 1.29 is 0 Å². The average molecular weight is 331 g/mol. The van der Waals surface area contributed by atoms with Crippen molar-refractivity contribution in [2.24, 2.45) is 0 Å². The Labute approximate surface area is 123 Å². The molecule has 0 aliphatic carbocycles. The molecule has 0 amide bonds. The van der Waals surface area contributed by atoms with Gasteiger partial charge in [-0.05, 0) is 29.8 Å². The smallest absolute Gasteiger partial charge is 0.103 e. The van der Waals surface area contributed by atoms with Crippen molar-refractivity contribution in [1.29, 1.82) is 0 Å². The first-order valence-corrected chi connectivity index (χ1v) is 7.81. The predicted octanol–water partition coefficient (Wildman–Crippen LogP) is 4.62. The summed E-state index contributed by atoms with van der Waals surface area (Å²) < 4.78 is 2.36. The molecule has 0 radical (unpaired) electrons. The number of hydrogen-bond acceptors (Lipinski definition) is 3. The Morgan fingerprint density at radius 2 is 2.11 bits per heavy atom. The van der Waals surface area contributed by atoms with Crippen molar-refractivity contribution in [3.63, 3.8) is 0 Å². The third-order valence-electron chi connectivity index (χ3n) is 3.50. The van der Waals surface area contributed by atoms with Crippen molar-refractivity contribution in [1.82, 2.24) is 4.98 Å². The highest BCUT2D eigenvalue weighted by Crippen LogP contribution is 2.39. The molecule has 1 unspecified atom stereocenters. The van der Waals surface area contributed by atoms with E-state index in [1.165, 1.54) is 21.0 Å². The first kappa shape index (κ1) is 11.4. The lowest BCUT2D eigenvalue weighted by Crippen LogP contribution is -2.02. The molecule has 4 rings (SSSR count). The zero-order valence-electron chi connectivity index (χ0n) is 10.1. The van der Waals surface area contributed by atoms with Gasteiger partial charge in [0.2, 0.25) is 0 Å². The number of hydrogen-bond donors (Lipinski definition) is 1. The zero-order chi connectivity index (χ0) is 12.8. The van der Waals surface area contributed by atoms with Crippen molar-refractivity contribution in [2.45, 2.75) is 5.92 Å². The summed E-state index contributed by atoms with van der Waals surface area (Å²) in [6.45, 7) is 0.945. The van der Waals surface area contributed by atoms with Crippen LogP contribution in [0.15, 0.2) is 46.9 Å². The SMILES string of the molecule is Brc1ccc2nc(C3CNc4ccccc43)sc2c1. The Kier molecular flexibility index (Phi) is 2.60. The van der Waals surface area contributed by atoms with E-state index in [1.807, 2.05) is 6.07 Å². The summed E-state index contributed by atoms with van der Waals surface area (Å²) in [6.07, 6.45) is 0. The van der Waals surface area contributed by atoms with Crippen molar-refractivity contribution in [2.75, 3.05) is 11.9 Å². The maximum absolute atomic E-state index is 4.79. The summed E-state index contributed by atoms with van der Waals surface area (Å²) in [5.74, 6) is 0.382. The fourth-order valence-electron chi connectivity index (χ4n) is 2.57. The van der Waals surface area contributed by atoms with Gasteiger partial charge in [-0.25, -0.2) is 4.98 Å². The minimum Gasteiger partial charge on any atom is -0.384 e. The molecule has 0 bridgehead atoms. The third kappa shape index (κ3) is 1.86. The molecule has 1 aliphatic rings. The van der Waals surface area contributed by atoms with Crippen LogP contribution in [0.2, 0.25) is 0 Å². The molecule has 94 valence electrons. The topological polar surface area (TPSA) is 24.9 Å². The molecular weight excluding hydrogens is 320 g/mol. The molecule has 1 aromatic heterocycles. The standard InChI is InChI=1S/C15H11BrN2S/c16-9-5-6-13-14(7-9)19-15(18-13)11-8-17-12-4-2-1-3-10(11)12/h1-7,11,17H,8H2. The molecule has 2 heterocycles. The zero-order valence-corrected chi connectivity index (χ0v) is 12.5. The first-order chi connectivity index (χ1) is 9.31. The van der Waals surface area contributed by atoms with Crippen LogP contribution in [0.25, 0.3) is 10.2 Å². The fourth-order valence-corrected chi connectivity index (χ4v) is 4.21. The Morgan fingerprint density at radius 1 is 1.21 bits per heavy atom. The largest absolute Gasteiger partial charge is 0.384 e. The number of fused-ring (bicyclic) bond motifs is 2. The van der Waals surface area contributed by atoms with E-state index in [-0.39, 0.29) is 0 Å². The normalized spacial score (nSPS) is 17.4. The summed E-state index contributed by atoms with van der Waals surface area (Å²) in [5, 5.41) is 4.66. The van der Waals surface area contributed by atoms with Crippen LogP contribution >= 0.6 is 27.3 Å². The maximum Gasteiger partial charge on any atom is 0.103 e. The monoisotopic (exact) mass is 330 g/mol. The van der Waals surface area contributed by atoms with Gasteiger partial charge in [0.25, 0.3) is 0 Å². The molecule has 4 heteroatoms. The summed E-state index contributed by atoms with van der Waals surface area (Å²) in [7, 11) is 0. The minimum atomic E-state index is 0.382. The quantitative estimate of drug-likeness (QED) is 0.704. The van der Waals surface area contributed by atoms with Gasteiger partial charge in [-0.15, -0.1) is 11.3 Å². The van der Waals surface area contributed by atoms with Gasteiger partial charge in [-0.3, -0.25) is 0 Å². The van der Waals surface area contributed by atoms with Gasteiger partial charge in [0.05, 0.1) is 16.1 Å². The second-order valence-electron chi connectivity index (χ2n) is 4.68. The van der Waals surface area contributed by atoms with Crippen LogP contribution < -0.4 is 5.32 Å². The van der Waals surface area contributed by atoms with Crippen molar-refractivity contribution >= 4 is 43.2 Å². The van der Waals surface area contributed by atoms with Crippen LogP contribution in [0.4, 0.5) is 5.69 Å². The van der Waals surface area contributed by atoms with E-state index in [1.54, 1.807) is 11.3 Å². The minimum absolute atomic E-state index is 0.382. The van der Waals surface area contributed by atoms with E-state index in [9.17, 15) is 0 Å². The Hall–Kier alpha value is -1.39. The molecule has 19 heavy (non-hydrogen) atoms. The summed E-state index contributed by atoms with van der Waals surface area (Å²) in [4.78, 5) is 4.79. The molecule has 0 spiro atoms. The van der Waals surface area contributed by atoms with Crippen LogP contribution in [0.1, 0.15) is 16.5 Å². The molecular formula is C15H11BrN2S. The number of rotatable bonds is 1. The Bertz CT molecular complexity index is 766. The number of anilines is 1. The highest BCUT2D eigenvalue weighted by molar-refractivity contribution is 9.10.